The van der Waals surface area contributed by atoms with Crippen LogP contribution in [0.2, 0.25) is 0 Å². The van der Waals surface area contributed by atoms with E-state index in [0.717, 1.165) is 0 Å². The molecule has 0 saturated carbocycles. The lowest BCUT2D eigenvalue weighted by Gasteiger charge is -2.07. The van der Waals surface area contributed by atoms with Crippen LogP contribution in [0.3, 0.4) is 0 Å². The number of carbonyl (C=O) groups is 2. The van der Waals surface area contributed by atoms with Crippen LogP contribution < -0.4 is 0 Å². The number of carbonyl (C=O) groups excluding carboxylic acids is 2. The van der Waals surface area contributed by atoms with Crippen LogP contribution in [0.15, 0.2) is 0 Å². The zero-order valence-electron chi connectivity index (χ0n) is 12.0. The van der Waals surface area contributed by atoms with Gasteiger partial charge in [-0.1, -0.05) is 27.7 Å². The molecule has 4 nitrogen and oxygen atoms in total. The molecule has 0 saturated heterocycles. The zero-order chi connectivity index (χ0) is 14.0. The number of ketones is 1. The number of Topliss-reactive ketones (excluding diaryl/α,β-unsaturated/α-hetero) is 1. The van der Waals surface area contributed by atoms with Crippen molar-refractivity contribution < 1.29 is 19.1 Å². The lowest BCUT2D eigenvalue weighted by molar-refractivity contribution is -0.145. The Morgan fingerprint density at radius 1 is 0.944 bits per heavy atom. The minimum Gasteiger partial charge on any atom is -0.465 e. The van der Waals surface area contributed by atoms with E-state index in [4.69, 9.17) is 9.47 Å². The van der Waals surface area contributed by atoms with Crippen molar-refractivity contribution in [3.05, 3.63) is 0 Å². The van der Waals surface area contributed by atoms with Gasteiger partial charge >= 0.3 is 5.97 Å². The molecule has 0 amide bonds. The van der Waals surface area contributed by atoms with Gasteiger partial charge in [-0.25, -0.2) is 0 Å². The molecule has 18 heavy (non-hydrogen) atoms. The summed E-state index contributed by atoms with van der Waals surface area (Å²) in [5.41, 5.74) is 0. The Morgan fingerprint density at radius 3 is 2.11 bits per heavy atom. The third-order valence-electron chi connectivity index (χ3n) is 2.19. The molecule has 0 aromatic carbocycles. The predicted octanol–water partition coefficient (Wildman–Crippen LogP) is 2.60. The first kappa shape index (κ1) is 17.1. The standard InChI is InChI=1S/C14H26O4/c1-11(2)9-13(15)5-7-17-8-6-14(16)18-10-12(3)4/h11-12H,5-10H2,1-4H3. The molecule has 0 aliphatic rings. The summed E-state index contributed by atoms with van der Waals surface area (Å²) < 4.78 is 10.2. The van der Waals surface area contributed by atoms with Crippen LogP contribution in [0.4, 0.5) is 0 Å². The van der Waals surface area contributed by atoms with Gasteiger partial charge < -0.3 is 9.47 Å². The van der Waals surface area contributed by atoms with Crippen molar-refractivity contribution in [2.75, 3.05) is 19.8 Å². The fourth-order valence-electron chi connectivity index (χ4n) is 1.33. The molecule has 0 rings (SSSR count). The largest absolute Gasteiger partial charge is 0.465 e. The Labute approximate surface area is 110 Å². The maximum absolute atomic E-state index is 11.4. The van der Waals surface area contributed by atoms with Crippen molar-refractivity contribution in [2.24, 2.45) is 11.8 Å². The molecule has 0 heterocycles. The summed E-state index contributed by atoms with van der Waals surface area (Å²) in [5.74, 6) is 0.719. The van der Waals surface area contributed by atoms with E-state index in [1.807, 2.05) is 27.7 Å². The van der Waals surface area contributed by atoms with Crippen LogP contribution in [0, 0.1) is 11.8 Å². The van der Waals surface area contributed by atoms with Gasteiger partial charge in [0.15, 0.2) is 0 Å². The predicted molar refractivity (Wildman–Crippen MR) is 70.3 cm³/mol. The Balaban J connectivity index is 3.40. The summed E-state index contributed by atoms with van der Waals surface area (Å²) >= 11 is 0. The van der Waals surface area contributed by atoms with Gasteiger partial charge in [-0.2, -0.15) is 0 Å². The normalized spacial score (nSPS) is 11.0. The number of rotatable bonds is 10. The number of ether oxygens (including phenoxy) is 2. The Kier molecular flexibility index (Phi) is 9.56. The highest BCUT2D eigenvalue weighted by Crippen LogP contribution is 2.03. The highest BCUT2D eigenvalue weighted by Gasteiger charge is 2.06. The fraction of sp³-hybridized carbons (Fsp3) is 0.857. The summed E-state index contributed by atoms with van der Waals surface area (Å²) in [6.45, 7) is 9.18. The molecule has 0 aromatic heterocycles. The molecule has 0 radical (unpaired) electrons. The number of hydrogen-bond donors (Lipinski definition) is 0. The van der Waals surface area contributed by atoms with E-state index in [1.54, 1.807) is 0 Å². The molecular formula is C14H26O4. The first-order valence-corrected chi connectivity index (χ1v) is 6.66. The number of esters is 1. The summed E-state index contributed by atoms with van der Waals surface area (Å²) in [4.78, 5) is 22.6. The second-order valence-electron chi connectivity index (χ2n) is 5.33. The molecule has 106 valence electrons. The molecule has 0 atom stereocenters. The van der Waals surface area contributed by atoms with Gasteiger partial charge in [-0.05, 0) is 11.8 Å². The topological polar surface area (TPSA) is 52.6 Å². The fourth-order valence-corrected chi connectivity index (χ4v) is 1.33. The maximum atomic E-state index is 11.4. The third kappa shape index (κ3) is 11.6. The van der Waals surface area contributed by atoms with Crippen molar-refractivity contribution >= 4 is 11.8 Å². The SMILES string of the molecule is CC(C)COC(=O)CCOCCC(=O)CC(C)C. The third-order valence-corrected chi connectivity index (χ3v) is 2.19. The van der Waals surface area contributed by atoms with Gasteiger partial charge in [0, 0.05) is 12.8 Å². The highest BCUT2D eigenvalue weighted by molar-refractivity contribution is 5.78. The zero-order valence-corrected chi connectivity index (χ0v) is 12.0. The smallest absolute Gasteiger partial charge is 0.308 e. The van der Waals surface area contributed by atoms with Crippen LogP contribution in [0.5, 0.6) is 0 Å². The van der Waals surface area contributed by atoms with Crippen molar-refractivity contribution in [3.63, 3.8) is 0 Å². The van der Waals surface area contributed by atoms with Gasteiger partial charge in [0.05, 0.1) is 26.2 Å². The van der Waals surface area contributed by atoms with Gasteiger partial charge in [0.25, 0.3) is 0 Å². The van der Waals surface area contributed by atoms with Crippen LogP contribution in [-0.4, -0.2) is 31.6 Å². The Bertz CT molecular complexity index is 246. The van der Waals surface area contributed by atoms with E-state index in [0.29, 0.717) is 44.5 Å². The minimum absolute atomic E-state index is 0.215. The first-order chi connectivity index (χ1) is 8.41. The molecule has 0 unspecified atom stereocenters. The maximum Gasteiger partial charge on any atom is 0.308 e. The van der Waals surface area contributed by atoms with Gasteiger partial charge in [0.2, 0.25) is 0 Å². The molecule has 0 aliphatic carbocycles. The number of hydrogen-bond acceptors (Lipinski definition) is 4. The van der Waals surface area contributed by atoms with Crippen LogP contribution in [-0.2, 0) is 19.1 Å². The molecule has 0 aliphatic heterocycles. The quantitative estimate of drug-likeness (QED) is 0.446. The van der Waals surface area contributed by atoms with Crippen molar-refractivity contribution in [1.29, 1.82) is 0 Å². The Morgan fingerprint density at radius 2 is 1.56 bits per heavy atom. The van der Waals surface area contributed by atoms with Crippen LogP contribution >= 0.6 is 0 Å². The Hall–Kier alpha value is -0.900. The second-order valence-corrected chi connectivity index (χ2v) is 5.33. The molecular weight excluding hydrogens is 232 g/mol. The molecule has 0 fully saturated rings. The molecule has 0 bridgehead atoms. The molecule has 0 N–H and O–H groups in total. The van der Waals surface area contributed by atoms with E-state index >= 15 is 0 Å². The highest BCUT2D eigenvalue weighted by atomic mass is 16.5. The summed E-state index contributed by atoms with van der Waals surface area (Å²) in [7, 11) is 0. The van der Waals surface area contributed by atoms with Gasteiger partial charge in [-0.3, -0.25) is 9.59 Å². The van der Waals surface area contributed by atoms with Crippen molar-refractivity contribution in [1.82, 2.24) is 0 Å². The average Bonchev–Trinajstić information content (AvgIpc) is 2.24. The lowest BCUT2D eigenvalue weighted by atomic mass is 10.1. The minimum atomic E-state index is -0.239. The first-order valence-electron chi connectivity index (χ1n) is 6.66. The average molecular weight is 258 g/mol. The van der Waals surface area contributed by atoms with Crippen LogP contribution in [0.1, 0.15) is 47.0 Å². The van der Waals surface area contributed by atoms with Gasteiger partial charge in [-0.15, -0.1) is 0 Å². The molecule has 0 aromatic rings. The monoisotopic (exact) mass is 258 g/mol. The van der Waals surface area contributed by atoms with Gasteiger partial charge in [0.1, 0.15) is 5.78 Å². The summed E-state index contributed by atoms with van der Waals surface area (Å²) in [6, 6.07) is 0. The summed E-state index contributed by atoms with van der Waals surface area (Å²) in [5, 5.41) is 0. The van der Waals surface area contributed by atoms with Crippen molar-refractivity contribution in [3.8, 4) is 0 Å². The molecule has 4 heteroatoms. The summed E-state index contributed by atoms with van der Waals surface area (Å²) in [6.07, 6.45) is 1.28. The lowest BCUT2D eigenvalue weighted by Crippen LogP contribution is -2.13. The van der Waals surface area contributed by atoms with E-state index in [1.165, 1.54) is 0 Å². The molecule has 0 spiro atoms. The van der Waals surface area contributed by atoms with E-state index in [9.17, 15) is 9.59 Å². The van der Waals surface area contributed by atoms with E-state index in [-0.39, 0.29) is 18.2 Å². The van der Waals surface area contributed by atoms with Crippen LogP contribution in [0.25, 0.3) is 0 Å². The van der Waals surface area contributed by atoms with E-state index in [2.05, 4.69) is 0 Å². The van der Waals surface area contributed by atoms with E-state index < -0.39 is 0 Å². The second kappa shape index (κ2) is 10.1. The van der Waals surface area contributed by atoms with Crippen molar-refractivity contribution in [2.45, 2.75) is 47.0 Å².